The normalized spacial score (nSPS) is 13.6. The van der Waals surface area contributed by atoms with E-state index in [-0.39, 0.29) is 17.5 Å². The molecule has 0 atom stereocenters. The number of Topliss-reactive ketones (excluding diaryl/α,β-unsaturated/α-hetero) is 1. The fraction of sp³-hybridized carbons (Fsp3) is 0.211. The van der Waals surface area contributed by atoms with Gasteiger partial charge in [-0.1, -0.05) is 12.1 Å². The molecule has 0 bridgehead atoms. The predicted octanol–water partition coefficient (Wildman–Crippen LogP) is 3.55. The topological polar surface area (TPSA) is 77.1 Å². The van der Waals surface area contributed by atoms with Gasteiger partial charge in [-0.15, -0.1) is 0 Å². The lowest BCUT2D eigenvalue weighted by molar-refractivity contribution is 0.0963. The van der Waals surface area contributed by atoms with Crippen molar-refractivity contribution < 1.29 is 14.0 Å². The molecule has 6 nitrogen and oxygen atoms in total. The van der Waals surface area contributed by atoms with Crippen LogP contribution in [0.3, 0.4) is 0 Å². The summed E-state index contributed by atoms with van der Waals surface area (Å²) in [4.78, 5) is 28.9. The molecule has 1 aliphatic carbocycles. The van der Waals surface area contributed by atoms with Gasteiger partial charge in [-0.25, -0.2) is 4.98 Å². The first-order chi connectivity index (χ1) is 12.1. The highest BCUT2D eigenvalue weighted by Crippen LogP contribution is 2.30. The van der Waals surface area contributed by atoms with Gasteiger partial charge in [-0.3, -0.25) is 9.59 Å². The SMILES string of the molecule is Cc1c(C(=O)Nc2ccccc2-n2ccnc2)oc2c1C(=O)CCC2. The molecule has 0 saturated carbocycles. The number of para-hydroxylation sites is 2. The number of nitrogens with one attached hydrogen (secondary N) is 1. The van der Waals surface area contributed by atoms with Gasteiger partial charge in [0.25, 0.3) is 5.91 Å². The molecule has 126 valence electrons. The molecule has 0 fully saturated rings. The second-order valence-corrected chi connectivity index (χ2v) is 6.07. The van der Waals surface area contributed by atoms with Crippen molar-refractivity contribution in [3.05, 3.63) is 65.6 Å². The zero-order valence-electron chi connectivity index (χ0n) is 13.8. The van der Waals surface area contributed by atoms with E-state index in [2.05, 4.69) is 10.3 Å². The third-order valence-electron chi connectivity index (χ3n) is 4.45. The fourth-order valence-electron chi connectivity index (χ4n) is 3.25. The molecule has 0 saturated heterocycles. The number of fused-ring (bicyclic) bond motifs is 1. The maximum atomic E-state index is 12.7. The van der Waals surface area contributed by atoms with Crippen molar-refractivity contribution in [3.63, 3.8) is 0 Å². The Kier molecular flexibility index (Phi) is 3.72. The Morgan fingerprint density at radius 3 is 2.88 bits per heavy atom. The van der Waals surface area contributed by atoms with E-state index >= 15 is 0 Å². The standard InChI is InChI=1S/C19H17N3O3/c1-12-17-15(23)7-4-8-16(17)25-18(12)19(24)21-13-5-2-3-6-14(13)22-10-9-20-11-22/h2-3,5-6,9-11H,4,7-8H2,1H3,(H,21,24). The van der Waals surface area contributed by atoms with E-state index in [0.717, 1.165) is 12.1 Å². The first kappa shape index (κ1) is 15.4. The number of aromatic nitrogens is 2. The van der Waals surface area contributed by atoms with E-state index in [1.807, 2.05) is 28.8 Å². The Balaban J connectivity index is 1.67. The third kappa shape index (κ3) is 2.65. The molecule has 1 amide bonds. The van der Waals surface area contributed by atoms with Crippen LogP contribution in [0.25, 0.3) is 5.69 Å². The lowest BCUT2D eigenvalue weighted by Crippen LogP contribution is -2.14. The van der Waals surface area contributed by atoms with E-state index < -0.39 is 0 Å². The number of hydrogen-bond acceptors (Lipinski definition) is 4. The van der Waals surface area contributed by atoms with Crippen molar-refractivity contribution in [2.24, 2.45) is 0 Å². The number of anilines is 1. The Bertz CT molecular complexity index is 954. The molecule has 3 aromatic rings. The number of carbonyl (C=O) groups is 2. The predicted molar refractivity (Wildman–Crippen MR) is 92.2 cm³/mol. The number of hydrogen-bond donors (Lipinski definition) is 1. The third-order valence-corrected chi connectivity index (χ3v) is 4.45. The van der Waals surface area contributed by atoms with Gasteiger partial charge in [0.05, 0.1) is 23.3 Å². The smallest absolute Gasteiger partial charge is 0.291 e. The molecular weight excluding hydrogens is 318 g/mol. The van der Waals surface area contributed by atoms with Crippen LogP contribution in [-0.2, 0) is 6.42 Å². The van der Waals surface area contributed by atoms with Gasteiger partial charge in [-0.05, 0) is 25.5 Å². The van der Waals surface area contributed by atoms with Crippen molar-refractivity contribution in [3.8, 4) is 5.69 Å². The zero-order chi connectivity index (χ0) is 17.4. The van der Waals surface area contributed by atoms with Gasteiger partial charge in [-0.2, -0.15) is 0 Å². The van der Waals surface area contributed by atoms with Crippen LogP contribution < -0.4 is 5.32 Å². The van der Waals surface area contributed by atoms with E-state index in [1.165, 1.54) is 0 Å². The molecule has 4 rings (SSSR count). The van der Waals surface area contributed by atoms with Crippen molar-refractivity contribution in [2.45, 2.75) is 26.2 Å². The summed E-state index contributed by atoms with van der Waals surface area (Å²) in [6, 6.07) is 7.44. The Morgan fingerprint density at radius 1 is 1.28 bits per heavy atom. The van der Waals surface area contributed by atoms with Crippen molar-refractivity contribution in [2.75, 3.05) is 5.32 Å². The van der Waals surface area contributed by atoms with Gasteiger partial charge in [0.1, 0.15) is 5.76 Å². The summed E-state index contributed by atoms with van der Waals surface area (Å²) in [6.45, 7) is 1.77. The van der Waals surface area contributed by atoms with Crippen LogP contribution in [0.4, 0.5) is 5.69 Å². The second-order valence-electron chi connectivity index (χ2n) is 6.07. The summed E-state index contributed by atoms with van der Waals surface area (Å²) in [5.74, 6) is 0.537. The van der Waals surface area contributed by atoms with Crippen LogP contribution in [0.15, 0.2) is 47.4 Å². The monoisotopic (exact) mass is 335 g/mol. The highest BCUT2D eigenvalue weighted by Gasteiger charge is 2.29. The Labute approximate surface area is 144 Å². The minimum Gasteiger partial charge on any atom is -0.455 e. The van der Waals surface area contributed by atoms with E-state index in [9.17, 15) is 9.59 Å². The lowest BCUT2D eigenvalue weighted by atomic mass is 9.94. The van der Waals surface area contributed by atoms with Gasteiger partial charge < -0.3 is 14.3 Å². The number of nitrogens with zero attached hydrogens (tertiary/aromatic N) is 2. The summed E-state index contributed by atoms with van der Waals surface area (Å²) in [5, 5.41) is 2.89. The van der Waals surface area contributed by atoms with Crippen LogP contribution in [0.1, 0.15) is 45.1 Å². The molecule has 0 radical (unpaired) electrons. The molecular formula is C19H17N3O3. The minimum atomic E-state index is -0.354. The highest BCUT2D eigenvalue weighted by atomic mass is 16.4. The van der Waals surface area contributed by atoms with E-state index in [0.29, 0.717) is 35.4 Å². The van der Waals surface area contributed by atoms with Gasteiger partial charge in [0.15, 0.2) is 11.5 Å². The number of furan rings is 1. The molecule has 2 heterocycles. The maximum absolute atomic E-state index is 12.7. The zero-order valence-corrected chi connectivity index (χ0v) is 13.8. The molecule has 0 aliphatic heterocycles. The highest BCUT2D eigenvalue weighted by molar-refractivity contribution is 6.08. The fourth-order valence-corrected chi connectivity index (χ4v) is 3.25. The number of amides is 1. The number of benzene rings is 1. The van der Waals surface area contributed by atoms with Crippen molar-refractivity contribution in [1.29, 1.82) is 0 Å². The van der Waals surface area contributed by atoms with Gasteiger partial charge in [0.2, 0.25) is 0 Å². The summed E-state index contributed by atoms with van der Waals surface area (Å²) >= 11 is 0. The average molecular weight is 335 g/mol. The molecule has 1 aliphatic rings. The van der Waals surface area contributed by atoms with Crippen LogP contribution >= 0.6 is 0 Å². The molecule has 25 heavy (non-hydrogen) atoms. The minimum absolute atomic E-state index is 0.0559. The Hall–Kier alpha value is -3.15. The number of rotatable bonds is 3. The second kappa shape index (κ2) is 6.05. The number of aryl methyl sites for hydroxylation is 1. The van der Waals surface area contributed by atoms with Gasteiger partial charge in [0, 0.05) is 30.8 Å². The van der Waals surface area contributed by atoms with E-state index in [4.69, 9.17) is 4.42 Å². The van der Waals surface area contributed by atoms with Crippen LogP contribution in [0.2, 0.25) is 0 Å². The van der Waals surface area contributed by atoms with Crippen molar-refractivity contribution >= 4 is 17.4 Å². The quantitative estimate of drug-likeness (QED) is 0.794. The lowest BCUT2D eigenvalue weighted by Gasteiger charge is -2.11. The summed E-state index contributed by atoms with van der Waals surface area (Å²) in [7, 11) is 0. The summed E-state index contributed by atoms with van der Waals surface area (Å²) in [5.41, 5.74) is 2.65. The summed E-state index contributed by atoms with van der Waals surface area (Å²) < 4.78 is 7.54. The molecule has 0 unspecified atom stereocenters. The Morgan fingerprint density at radius 2 is 2.12 bits per heavy atom. The van der Waals surface area contributed by atoms with Crippen LogP contribution in [-0.4, -0.2) is 21.2 Å². The molecule has 2 aromatic heterocycles. The van der Waals surface area contributed by atoms with Crippen molar-refractivity contribution in [1.82, 2.24) is 9.55 Å². The first-order valence-corrected chi connectivity index (χ1v) is 8.19. The molecule has 1 aromatic carbocycles. The number of carbonyl (C=O) groups excluding carboxylic acids is 2. The van der Waals surface area contributed by atoms with E-state index in [1.54, 1.807) is 25.6 Å². The van der Waals surface area contributed by atoms with Gasteiger partial charge >= 0.3 is 0 Å². The largest absolute Gasteiger partial charge is 0.455 e. The molecule has 0 spiro atoms. The van der Waals surface area contributed by atoms with Crippen LogP contribution in [0.5, 0.6) is 0 Å². The molecule has 6 heteroatoms. The first-order valence-electron chi connectivity index (χ1n) is 8.19. The number of imidazole rings is 1. The number of ketones is 1. The van der Waals surface area contributed by atoms with Crippen LogP contribution in [0, 0.1) is 6.92 Å². The average Bonchev–Trinajstić information content (AvgIpc) is 3.24. The molecule has 1 N–H and O–H groups in total. The maximum Gasteiger partial charge on any atom is 0.291 e. The summed E-state index contributed by atoms with van der Waals surface area (Å²) in [6.07, 6.45) is 7.12.